The smallest absolute Gasteiger partial charge is 0.221 e. The van der Waals surface area contributed by atoms with Crippen molar-refractivity contribution in [3.05, 3.63) is 64.9 Å². The minimum absolute atomic E-state index is 0.00408. The zero-order valence-corrected chi connectivity index (χ0v) is 13.7. The highest BCUT2D eigenvalue weighted by molar-refractivity contribution is 7.91. The molecule has 0 aliphatic rings. The zero-order chi connectivity index (χ0) is 16.9. The number of carbonyl (C=O) groups excluding carboxylic acids is 1. The van der Waals surface area contributed by atoms with E-state index in [9.17, 15) is 17.6 Å². The zero-order valence-electron chi connectivity index (χ0n) is 12.1. The fraction of sp³-hybridized carbons (Fsp3) is 0.188. The predicted octanol–water partition coefficient (Wildman–Crippen LogP) is 2.96. The van der Waals surface area contributed by atoms with Crippen LogP contribution in [0.15, 0.2) is 53.4 Å². The molecular weight excluding hydrogens is 341 g/mol. The van der Waals surface area contributed by atoms with E-state index in [0.29, 0.717) is 11.6 Å². The predicted molar refractivity (Wildman–Crippen MR) is 86.4 cm³/mol. The summed E-state index contributed by atoms with van der Waals surface area (Å²) in [4.78, 5) is 11.8. The molecule has 0 aromatic heterocycles. The van der Waals surface area contributed by atoms with Gasteiger partial charge in [-0.3, -0.25) is 4.79 Å². The molecule has 7 heteroatoms. The molecule has 1 amide bonds. The molecule has 0 saturated heterocycles. The molecule has 23 heavy (non-hydrogen) atoms. The summed E-state index contributed by atoms with van der Waals surface area (Å²) < 4.78 is 36.9. The van der Waals surface area contributed by atoms with Gasteiger partial charge in [0, 0.05) is 18.0 Å². The highest BCUT2D eigenvalue weighted by Crippen LogP contribution is 2.13. The Morgan fingerprint density at radius 2 is 1.65 bits per heavy atom. The lowest BCUT2D eigenvalue weighted by Crippen LogP contribution is -2.25. The number of benzene rings is 2. The summed E-state index contributed by atoms with van der Waals surface area (Å²) in [7, 11) is -3.61. The largest absolute Gasteiger partial charge is 0.352 e. The van der Waals surface area contributed by atoms with Crippen LogP contribution >= 0.6 is 11.6 Å². The highest BCUT2D eigenvalue weighted by Gasteiger charge is 2.16. The second kappa shape index (κ2) is 7.57. The van der Waals surface area contributed by atoms with E-state index >= 15 is 0 Å². The Morgan fingerprint density at radius 3 is 2.26 bits per heavy atom. The van der Waals surface area contributed by atoms with E-state index in [0.717, 1.165) is 17.7 Å². The molecule has 0 aliphatic carbocycles. The molecule has 1 N–H and O–H groups in total. The summed E-state index contributed by atoms with van der Waals surface area (Å²) in [6.45, 7) is 0.298. The maximum absolute atomic E-state index is 12.8. The fourth-order valence-electron chi connectivity index (χ4n) is 1.88. The van der Waals surface area contributed by atoms with Crippen LogP contribution in [0, 0.1) is 5.82 Å². The van der Waals surface area contributed by atoms with Gasteiger partial charge in [-0.05, 0) is 42.0 Å². The van der Waals surface area contributed by atoms with Crippen LogP contribution in [0.1, 0.15) is 12.0 Å². The first kappa shape index (κ1) is 17.4. The fourth-order valence-corrected chi connectivity index (χ4v) is 3.24. The first-order chi connectivity index (χ1) is 10.9. The highest BCUT2D eigenvalue weighted by atomic mass is 35.5. The third kappa shape index (κ3) is 5.33. The average Bonchev–Trinajstić information content (AvgIpc) is 2.53. The van der Waals surface area contributed by atoms with Crippen molar-refractivity contribution in [1.29, 1.82) is 0 Å². The van der Waals surface area contributed by atoms with E-state index in [1.807, 2.05) is 0 Å². The summed E-state index contributed by atoms with van der Waals surface area (Å²) in [5.41, 5.74) is 0.865. The molecule has 0 bridgehead atoms. The van der Waals surface area contributed by atoms with E-state index < -0.39 is 15.7 Å². The van der Waals surface area contributed by atoms with Gasteiger partial charge in [0.25, 0.3) is 0 Å². The third-order valence-corrected chi connectivity index (χ3v) is 5.16. The summed E-state index contributed by atoms with van der Waals surface area (Å²) in [5.74, 6) is -1.21. The van der Waals surface area contributed by atoms with Gasteiger partial charge in [0.1, 0.15) is 5.82 Å². The molecule has 0 unspecified atom stereocenters. The Balaban J connectivity index is 1.86. The minimum atomic E-state index is -3.61. The minimum Gasteiger partial charge on any atom is -0.352 e. The summed E-state index contributed by atoms with van der Waals surface area (Å²) in [6, 6.07) is 11.5. The van der Waals surface area contributed by atoms with Crippen LogP contribution in [0.2, 0.25) is 5.02 Å². The first-order valence-electron chi connectivity index (χ1n) is 6.86. The molecule has 0 atom stereocenters. The van der Waals surface area contributed by atoms with Crippen molar-refractivity contribution in [3.63, 3.8) is 0 Å². The second-order valence-corrected chi connectivity index (χ2v) is 7.47. The summed E-state index contributed by atoms with van der Waals surface area (Å²) in [5, 5.41) is 3.25. The van der Waals surface area contributed by atoms with Gasteiger partial charge in [-0.1, -0.05) is 23.7 Å². The molecule has 0 radical (unpaired) electrons. The third-order valence-electron chi connectivity index (χ3n) is 3.17. The Bertz CT molecular complexity index is 774. The molecular formula is C16H15ClFNO3S. The molecule has 2 aromatic carbocycles. The Kier molecular flexibility index (Phi) is 5.74. The molecule has 0 saturated carbocycles. The number of rotatable bonds is 6. The van der Waals surface area contributed by atoms with Gasteiger partial charge in [-0.2, -0.15) is 0 Å². The van der Waals surface area contributed by atoms with Gasteiger partial charge in [-0.25, -0.2) is 12.8 Å². The van der Waals surface area contributed by atoms with E-state index in [1.54, 1.807) is 24.3 Å². The topological polar surface area (TPSA) is 63.2 Å². The summed E-state index contributed by atoms with van der Waals surface area (Å²) in [6.07, 6.45) is -0.159. The lowest BCUT2D eigenvalue weighted by atomic mass is 10.2. The average molecular weight is 356 g/mol. The van der Waals surface area contributed by atoms with Gasteiger partial charge < -0.3 is 5.32 Å². The van der Waals surface area contributed by atoms with Crippen LogP contribution in [-0.2, 0) is 21.2 Å². The molecule has 2 aromatic rings. The van der Waals surface area contributed by atoms with Gasteiger partial charge in [0.05, 0.1) is 10.6 Å². The van der Waals surface area contributed by atoms with Gasteiger partial charge >= 0.3 is 0 Å². The van der Waals surface area contributed by atoms with Gasteiger partial charge in [0.2, 0.25) is 5.91 Å². The van der Waals surface area contributed by atoms with Crippen LogP contribution in [0.25, 0.3) is 0 Å². The van der Waals surface area contributed by atoms with E-state index in [2.05, 4.69) is 5.32 Å². The first-order valence-corrected chi connectivity index (χ1v) is 8.89. The van der Waals surface area contributed by atoms with Crippen molar-refractivity contribution in [3.8, 4) is 0 Å². The van der Waals surface area contributed by atoms with Gasteiger partial charge in [-0.15, -0.1) is 0 Å². The molecule has 0 heterocycles. The molecule has 0 spiro atoms. The number of nitrogens with one attached hydrogen (secondary N) is 1. The van der Waals surface area contributed by atoms with Crippen LogP contribution in [0.5, 0.6) is 0 Å². The summed E-state index contributed by atoms with van der Waals surface area (Å²) >= 11 is 5.76. The SMILES string of the molecule is O=C(CCS(=O)(=O)c1ccc(F)cc1)NCc1ccc(Cl)cc1. The molecule has 0 fully saturated rings. The van der Waals surface area contributed by atoms with Crippen molar-refractivity contribution in [1.82, 2.24) is 5.32 Å². The van der Waals surface area contributed by atoms with Crippen molar-refractivity contribution in [2.45, 2.75) is 17.9 Å². The van der Waals surface area contributed by atoms with Crippen LogP contribution in [-0.4, -0.2) is 20.1 Å². The number of halogens is 2. The van der Waals surface area contributed by atoms with E-state index in [-0.39, 0.29) is 23.0 Å². The molecule has 2 rings (SSSR count). The molecule has 4 nitrogen and oxygen atoms in total. The van der Waals surface area contributed by atoms with Crippen LogP contribution in [0.3, 0.4) is 0 Å². The lowest BCUT2D eigenvalue weighted by molar-refractivity contribution is -0.120. The van der Waals surface area contributed by atoms with Crippen LogP contribution < -0.4 is 5.32 Å². The lowest BCUT2D eigenvalue weighted by Gasteiger charge is -2.07. The van der Waals surface area contributed by atoms with Crippen molar-refractivity contribution >= 4 is 27.3 Å². The Morgan fingerprint density at radius 1 is 1.04 bits per heavy atom. The number of sulfone groups is 1. The number of amides is 1. The second-order valence-electron chi connectivity index (χ2n) is 4.93. The maximum atomic E-state index is 12.8. The Labute approximate surface area is 139 Å². The Hall–Kier alpha value is -1.92. The monoisotopic (exact) mass is 355 g/mol. The van der Waals surface area contributed by atoms with E-state index in [1.165, 1.54) is 12.1 Å². The molecule has 122 valence electrons. The van der Waals surface area contributed by atoms with Crippen molar-refractivity contribution in [2.24, 2.45) is 0 Å². The molecule has 0 aliphatic heterocycles. The number of hydrogen-bond donors (Lipinski definition) is 1. The standard InChI is InChI=1S/C16H15ClFNO3S/c17-13-3-1-12(2-4-13)11-19-16(20)9-10-23(21,22)15-7-5-14(18)6-8-15/h1-8H,9-11H2,(H,19,20). The number of hydrogen-bond acceptors (Lipinski definition) is 3. The van der Waals surface area contributed by atoms with Gasteiger partial charge in [0.15, 0.2) is 9.84 Å². The van der Waals surface area contributed by atoms with E-state index in [4.69, 9.17) is 11.6 Å². The normalized spacial score (nSPS) is 11.2. The maximum Gasteiger partial charge on any atom is 0.221 e. The quantitative estimate of drug-likeness (QED) is 0.810. The number of carbonyl (C=O) groups is 1. The van der Waals surface area contributed by atoms with Crippen molar-refractivity contribution < 1.29 is 17.6 Å². The van der Waals surface area contributed by atoms with Crippen LogP contribution in [0.4, 0.5) is 4.39 Å². The van der Waals surface area contributed by atoms with Crippen molar-refractivity contribution in [2.75, 3.05) is 5.75 Å².